The maximum atomic E-state index is 13.6. The molecule has 0 bridgehead atoms. The van der Waals surface area contributed by atoms with E-state index in [4.69, 9.17) is 5.11 Å². The number of benzene rings is 1. The summed E-state index contributed by atoms with van der Waals surface area (Å²) in [6.45, 7) is 3.43. The van der Waals surface area contributed by atoms with Crippen molar-refractivity contribution >= 4 is 5.91 Å². The lowest BCUT2D eigenvalue weighted by Crippen LogP contribution is -2.61. The molecule has 1 aliphatic carbocycles. The van der Waals surface area contributed by atoms with Gasteiger partial charge < -0.3 is 15.5 Å². The van der Waals surface area contributed by atoms with Crippen molar-refractivity contribution in [1.29, 1.82) is 0 Å². The normalized spacial score (nSPS) is 24.1. The van der Waals surface area contributed by atoms with Crippen LogP contribution in [0.5, 0.6) is 5.75 Å². The minimum absolute atomic E-state index is 0.288. The van der Waals surface area contributed by atoms with E-state index in [1.807, 2.05) is 0 Å². The van der Waals surface area contributed by atoms with Gasteiger partial charge in [-0.1, -0.05) is 13.8 Å². The molecule has 0 saturated heterocycles. The van der Waals surface area contributed by atoms with Gasteiger partial charge in [0.25, 0.3) is 5.91 Å². The molecule has 7 heteroatoms. The van der Waals surface area contributed by atoms with Gasteiger partial charge in [-0.2, -0.15) is 4.39 Å². The maximum absolute atomic E-state index is 13.6. The first-order chi connectivity index (χ1) is 9.16. The van der Waals surface area contributed by atoms with Crippen molar-refractivity contribution in [2.75, 3.05) is 0 Å². The number of aliphatic hydroxyl groups is 1. The van der Waals surface area contributed by atoms with Crippen LogP contribution < -0.4 is 5.32 Å². The van der Waals surface area contributed by atoms with Gasteiger partial charge in [0, 0.05) is 11.5 Å². The monoisotopic (exact) mass is 289 g/mol. The van der Waals surface area contributed by atoms with Gasteiger partial charge in [0.15, 0.2) is 17.4 Å². The molecule has 2 rings (SSSR count). The Hall–Kier alpha value is -1.76. The summed E-state index contributed by atoms with van der Waals surface area (Å²) in [7, 11) is 0. The number of aliphatic hydroxyl groups excluding tert-OH is 1. The molecule has 2 atom stereocenters. The minimum Gasteiger partial charge on any atom is -0.503 e. The minimum atomic E-state index is -1.74. The molecule has 1 aromatic rings. The fourth-order valence-corrected chi connectivity index (χ4v) is 2.14. The van der Waals surface area contributed by atoms with Crippen LogP contribution in [-0.2, 0) is 0 Å². The average molecular weight is 289 g/mol. The number of amides is 1. The zero-order chi connectivity index (χ0) is 15.2. The number of phenolic OH excluding ortho intramolecular Hbond substituents is 1. The van der Waals surface area contributed by atoms with Gasteiger partial charge in [-0.05, 0) is 12.5 Å². The molecule has 0 radical (unpaired) electrons. The molecule has 0 spiro atoms. The van der Waals surface area contributed by atoms with E-state index in [9.17, 15) is 23.1 Å². The van der Waals surface area contributed by atoms with Crippen molar-refractivity contribution in [2.45, 2.75) is 32.4 Å². The van der Waals surface area contributed by atoms with Crippen LogP contribution in [0.4, 0.5) is 13.2 Å². The lowest BCUT2D eigenvalue weighted by Gasteiger charge is -2.49. The first-order valence-electron chi connectivity index (χ1n) is 6.01. The Morgan fingerprint density at radius 2 is 1.95 bits per heavy atom. The zero-order valence-corrected chi connectivity index (χ0v) is 10.9. The highest BCUT2D eigenvalue weighted by Crippen LogP contribution is 2.40. The van der Waals surface area contributed by atoms with Gasteiger partial charge in [-0.15, -0.1) is 0 Å². The molecule has 110 valence electrons. The summed E-state index contributed by atoms with van der Waals surface area (Å²) >= 11 is 0. The Kier molecular flexibility index (Phi) is 3.41. The third-order valence-corrected chi connectivity index (χ3v) is 3.90. The molecule has 1 amide bonds. The maximum Gasteiger partial charge on any atom is 0.254 e. The van der Waals surface area contributed by atoms with Crippen LogP contribution >= 0.6 is 0 Å². The summed E-state index contributed by atoms with van der Waals surface area (Å²) in [5.74, 6) is -7.26. The van der Waals surface area contributed by atoms with Crippen molar-refractivity contribution in [1.82, 2.24) is 5.32 Å². The van der Waals surface area contributed by atoms with Gasteiger partial charge in [-0.25, -0.2) is 8.78 Å². The number of nitrogens with one attached hydrogen (secondary N) is 1. The number of carbonyl (C=O) groups is 1. The molecule has 0 aliphatic heterocycles. The molecule has 20 heavy (non-hydrogen) atoms. The lowest BCUT2D eigenvalue weighted by atomic mass is 9.64. The van der Waals surface area contributed by atoms with Gasteiger partial charge in [0.05, 0.1) is 11.7 Å². The van der Waals surface area contributed by atoms with Crippen LogP contribution in [0.3, 0.4) is 0 Å². The van der Waals surface area contributed by atoms with E-state index in [0.717, 1.165) is 0 Å². The Labute approximate surface area is 113 Å². The quantitative estimate of drug-likeness (QED) is 0.726. The molecule has 2 unspecified atom stereocenters. The fourth-order valence-electron chi connectivity index (χ4n) is 2.14. The largest absolute Gasteiger partial charge is 0.503 e. The summed E-state index contributed by atoms with van der Waals surface area (Å²) in [4.78, 5) is 11.8. The van der Waals surface area contributed by atoms with Gasteiger partial charge in [0.1, 0.15) is 0 Å². The van der Waals surface area contributed by atoms with Crippen LogP contribution in [0.25, 0.3) is 0 Å². The second-order valence-corrected chi connectivity index (χ2v) is 5.48. The number of aromatic hydroxyl groups is 1. The molecule has 3 N–H and O–H groups in total. The molecule has 0 heterocycles. The summed E-state index contributed by atoms with van der Waals surface area (Å²) in [6.07, 6.45) is -0.313. The van der Waals surface area contributed by atoms with Gasteiger partial charge in [0.2, 0.25) is 5.82 Å². The molecule has 1 aliphatic rings. The average Bonchev–Trinajstić information content (AvgIpc) is 2.40. The predicted octanol–water partition coefficient (Wildman–Crippen LogP) is 1.70. The first kappa shape index (κ1) is 14.6. The summed E-state index contributed by atoms with van der Waals surface area (Å²) in [6, 6.07) is -0.0263. The van der Waals surface area contributed by atoms with E-state index >= 15 is 0 Å². The lowest BCUT2D eigenvalue weighted by molar-refractivity contribution is -0.0690. The molecule has 1 aromatic carbocycles. The molecule has 4 nitrogen and oxygen atoms in total. The summed E-state index contributed by atoms with van der Waals surface area (Å²) in [5.41, 5.74) is -1.37. The molecule has 1 saturated carbocycles. The van der Waals surface area contributed by atoms with Crippen LogP contribution in [-0.4, -0.2) is 28.3 Å². The SMILES string of the molecule is CC1(C)C(O)CC1NC(=O)c1cc(F)c(F)c(O)c1F. The molecular weight excluding hydrogens is 275 g/mol. The van der Waals surface area contributed by atoms with Crippen molar-refractivity contribution in [3.63, 3.8) is 0 Å². The number of hydrogen-bond acceptors (Lipinski definition) is 3. The van der Waals surface area contributed by atoms with Crippen LogP contribution in [0, 0.1) is 22.9 Å². The van der Waals surface area contributed by atoms with Crippen LogP contribution in [0.2, 0.25) is 0 Å². The Morgan fingerprint density at radius 1 is 1.35 bits per heavy atom. The third-order valence-electron chi connectivity index (χ3n) is 3.90. The molecule has 1 fully saturated rings. The number of carbonyl (C=O) groups excluding carboxylic acids is 1. The smallest absolute Gasteiger partial charge is 0.254 e. The highest BCUT2D eigenvalue weighted by molar-refractivity contribution is 5.95. The highest BCUT2D eigenvalue weighted by Gasteiger charge is 2.48. The van der Waals surface area contributed by atoms with E-state index in [1.54, 1.807) is 13.8 Å². The van der Waals surface area contributed by atoms with Gasteiger partial charge in [-0.3, -0.25) is 4.79 Å². The van der Waals surface area contributed by atoms with E-state index in [2.05, 4.69) is 5.32 Å². The van der Waals surface area contributed by atoms with E-state index in [1.165, 1.54) is 0 Å². The number of rotatable bonds is 2. The Balaban J connectivity index is 2.23. The number of halogens is 3. The van der Waals surface area contributed by atoms with Crippen molar-refractivity contribution in [3.05, 3.63) is 29.1 Å². The van der Waals surface area contributed by atoms with Gasteiger partial charge >= 0.3 is 0 Å². The number of phenols is 1. The zero-order valence-electron chi connectivity index (χ0n) is 10.9. The second-order valence-electron chi connectivity index (χ2n) is 5.48. The predicted molar refractivity (Wildman–Crippen MR) is 63.6 cm³/mol. The Morgan fingerprint density at radius 3 is 2.45 bits per heavy atom. The fraction of sp³-hybridized carbons (Fsp3) is 0.462. The Bertz CT molecular complexity index is 574. The molecule has 0 aromatic heterocycles. The van der Waals surface area contributed by atoms with E-state index in [0.29, 0.717) is 6.07 Å². The van der Waals surface area contributed by atoms with Crippen molar-refractivity contribution in [2.24, 2.45) is 5.41 Å². The highest BCUT2D eigenvalue weighted by atomic mass is 19.2. The number of hydrogen-bond donors (Lipinski definition) is 3. The standard InChI is InChI=1S/C13H14F3NO3/c1-13(2)7(4-8(13)18)17-12(20)5-3-6(14)10(16)11(19)9(5)15/h3,7-8,18-19H,4H2,1-2H3,(H,17,20). The molecular formula is C13H14F3NO3. The summed E-state index contributed by atoms with van der Waals surface area (Å²) in [5, 5.41) is 21.0. The van der Waals surface area contributed by atoms with Crippen LogP contribution in [0.1, 0.15) is 30.6 Å². The summed E-state index contributed by atoms with van der Waals surface area (Å²) < 4.78 is 39.6. The van der Waals surface area contributed by atoms with E-state index < -0.39 is 52.2 Å². The third kappa shape index (κ3) is 2.11. The van der Waals surface area contributed by atoms with E-state index in [-0.39, 0.29) is 6.42 Å². The van der Waals surface area contributed by atoms with Crippen LogP contribution in [0.15, 0.2) is 6.07 Å². The topological polar surface area (TPSA) is 69.6 Å². The second kappa shape index (κ2) is 4.66. The van der Waals surface area contributed by atoms with Crippen molar-refractivity contribution < 1.29 is 28.2 Å². The van der Waals surface area contributed by atoms with Crippen molar-refractivity contribution in [3.8, 4) is 5.75 Å². The first-order valence-corrected chi connectivity index (χ1v) is 6.01.